The van der Waals surface area contributed by atoms with Crippen molar-refractivity contribution in [2.24, 2.45) is 0 Å². The zero-order valence-corrected chi connectivity index (χ0v) is 7.84. The zero-order chi connectivity index (χ0) is 8.65. The van der Waals surface area contributed by atoms with E-state index in [2.05, 4.69) is 5.32 Å². The first-order chi connectivity index (χ1) is 5.93. The van der Waals surface area contributed by atoms with Crippen LogP contribution in [-0.2, 0) is 9.47 Å². The molecule has 0 aromatic rings. The van der Waals surface area contributed by atoms with Crippen molar-refractivity contribution in [3.8, 4) is 0 Å². The Kier molecular flexibility index (Phi) is 5.32. The van der Waals surface area contributed by atoms with E-state index in [1.165, 1.54) is 0 Å². The molecule has 0 unspecified atom stereocenters. The van der Waals surface area contributed by atoms with Crippen molar-refractivity contribution in [1.29, 1.82) is 0 Å². The maximum Gasteiger partial charge on any atom is 0.0590 e. The first-order valence-corrected chi connectivity index (χ1v) is 4.82. The Morgan fingerprint density at radius 2 is 2.17 bits per heavy atom. The zero-order valence-electron chi connectivity index (χ0n) is 7.84. The van der Waals surface area contributed by atoms with Crippen LogP contribution in [0.3, 0.4) is 0 Å². The molecule has 1 saturated heterocycles. The van der Waals surface area contributed by atoms with Crippen molar-refractivity contribution in [2.75, 3.05) is 33.0 Å². The predicted molar refractivity (Wildman–Crippen MR) is 48.3 cm³/mol. The van der Waals surface area contributed by atoms with Crippen LogP contribution in [0.25, 0.3) is 0 Å². The normalized spacial score (nSPS) is 19.8. The highest BCUT2D eigenvalue weighted by Gasteiger charge is 2.11. The summed E-state index contributed by atoms with van der Waals surface area (Å²) in [6.45, 7) is 6.45. The molecule has 0 radical (unpaired) electrons. The topological polar surface area (TPSA) is 30.5 Å². The van der Waals surface area contributed by atoms with Gasteiger partial charge in [-0.2, -0.15) is 0 Å². The first-order valence-electron chi connectivity index (χ1n) is 4.82. The van der Waals surface area contributed by atoms with Crippen molar-refractivity contribution in [1.82, 2.24) is 5.32 Å². The minimum absolute atomic E-state index is 0.652. The third-order valence-electron chi connectivity index (χ3n) is 2.10. The third kappa shape index (κ3) is 4.04. The second kappa shape index (κ2) is 6.40. The second-order valence-corrected chi connectivity index (χ2v) is 3.04. The lowest BCUT2D eigenvalue weighted by molar-refractivity contribution is 0.0738. The van der Waals surface area contributed by atoms with E-state index in [0.29, 0.717) is 6.04 Å². The van der Waals surface area contributed by atoms with E-state index in [9.17, 15) is 0 Å². The van der Waals surface area contributed by atoms with Crippen molar-refractivity contribution in [2.45, 2.75) is 25.8 Å². The Morgan fingerprint density at radius 1 is 1.42 bits per heavy atom. The molecule has 3 nitrogen and oxygen atoms in total. The molecule has 3 heteroatoms. The minimum atomic E-state index is 0.652. The number of rotatable bonds is 5. The second-order valence-electron chi connectivity index (χ2n) is 3.04. The van der Waals surface area contributed by atoms with Gasteiger partial charge in [-0.3, -0.25) is 0 Å². The van der Waals surface area contributed by atoms with Gasteiger partial charge in [-0.15, -0.1) is 0 Å². The fraction of sp³-hybridized carbons (Fsp3) is 1.00. The molecule has 1 N–H and O–H groups in total. The smallest absolute Gasteiger partial charge is 0.0590 e. The van der Waals surface area contributed by atoms with E-state index in [1.807, 2.05) is 6.92 Å². The van der Waals surface area contributed by atoms with Gasteiger partial charge in [0.1, 0.15) is 0 Å². The summed E-state index contributed by atoms with van der Waals surface area (Å²) in [6.07, 6.45) is 2.29. The average molecular weight is 173 g/mol. The lowest BCUT2D eigenvalue weighted by Gasteiger charge is -2.22. The van der Waals surface area contributed by atoms with Crippen LogP contribution in [0.2, 0.25) is 0 Å². The minimum Gasteiger partial charge on any atom is -0.381 e. The van der Waals surface area contributed by atoms with Gasteiger partial charge in [0, 0.05) is 32.4 Å². The van der Waals surface area contributed by atoms with Gasteiger partial charge in [-0.1, -0.05) is 0 Å². The van der Waals surface area contributed by atoms with Gasteiger partial charge in [0.15, 0.2) is 0 Å². The molecule has 0 aromatic heterocycles. The van der Waals surface area contributed by atoms with Crippen LogP contribution < -0.4 is 5.32 Å². The Balaban J connectivity index is 1.91. The van der Waals surface area contributed by atoms with Crippen LogP contribution in [0.4, 0.5) is 0 Å². The molecule has 72 valence electrons. The van der Waals surface area contributed by atoms with Crippen LogP contribution >= 0.6 is 0 Å². The predicted octanol–water partition coefficient (Wildman–Crippen LogP) is 0.791. The molecule has 0 atom stereocenters. The maximum atomic E-state index is 5.26. The van der Waals surface area contributed by atoms with Crippen LogP contribution in [0.15, 0.2) is 0 Å². The van der Waals surface area contributed by atoms with Gasteiger partial charge in [-0.25, -0.2) is 0 Å². The van der Waals surface area contributed by atoms with E-state index in [-0.39, 0.29) is 0 Å². The van der Waals surface area contributed by atoms with E-state index in [1.54, 1.807) is 0 Å². The van der Waals surface area contributed by atoms with Gasteiger partial charge in [0.25, 0.3) is 0 Å². The van der Waals surface area contributed by atoms with Gasteiger partial charge in [-0.05, 0) is 19.8 Å². The molecular weight excluding hydrogens is 154 g/mol. The molecule has 0 bridgehead atoms. The molecule has 1 fully saturated rings. The fourth-order valence-corrected chi connectivity index (χ4v) is 1.38. The molecular formula is C9H19NO2. The number of ether oxygens (including phenoxy) is 2. The molecule has 1 aliphatic rings. The quantitative estimate of drug-likeness (QED) is 0.624. The van der Waals surface area contributed by atoms with Crippen LogP contribution in [0, 0.1) is 0 Å². The van der Waals surface area contributed by atoms with E-state index < -0.39 is 0 Å². The van der Waals surface area contributed by atoms with Crippen molar-refractivity contribution in [3.63, 3.8) is 0 Å². The van der Waals surface area contributed by atoms with Crippen molar-refractivity contribution >= 4 is 0 Å². The van der Waals surface area contributed by atoms with Crippen molar-refractivity contribution < 1.29 is 9.47 Å². The van der Waals surface area contributed by atoms with Gasteiger partial charge < -0.3 is 14.8 Å². The summed E-state index contributed by atoms with van der Waals surface area (Å²) in [5, 5.41) is 3.45. The average Bonchev–Trinajstić information content (AvgIpc) is 2.14. The summed E-state index contributed by atoms with van der Waals surface area (Å²) in [6, 6.07) is 0.652. The third-order valence-corrected chi connectivity index (χ3v) is 2.10. The monoisotopic (exact) mass is 173 g/mol. The molecule has 0 aromatic carbocycles. The van der Waals surface area contributed by atoms with Crippen LogP contribution in [0.5, 0.6) is 0 Å². The van der Waals surface area contributed by atoms with E-state index in [4.69, 9.17) is 9.47 Å². The standard InChI is InChI=1S/C9H19NO2/c1-2-11-8-5-10-9-3-6-12-7-4-9/h9-10H,2-8H2,1H3. The molecule has 12 heavy (non-hydrogen) atoms. The van der Waals surface area contributed by atoms with Crippen LogP contribution in [-0.4, -0.2) is 39.0 Å². The largest absolute Gasteiger partial charge is 0.381 e. The summed E-state index contributed by atoms with van der Waals surface area (Å²) in [5.74, 6) is 0. The van der Waals surface area contributed by atoms with E-state index in [0.717, 1.165) is 45.8 Å². The lowest BCUT2D eigenvalue weighted by atomic mass is 10.1. The van der Waals surface area contributed by atoms with Crippen LogP contribution in [0.1, 0.15) is 19.8 Å². The van der Waals surface area contributed by atoms with Gasteiger partial charge >= 0.3 is 0 Å². The molecule has 0 spiro atoms. The summed E-state index contributed by atoms with van der Waals surface area (Å²) in [4.78, 5) is 0. The first kappa shape index (κ1) is 9.96. The van der Waals surface area contributed by atoms with Gasteiger partial charge in [0.05, 0.1) is 6.61 Å². The number of hydrogen-bond acceptors (Lipinski definition) is 3. The number of nitrogens with one attached hydrogen (secondary N) is 1. The van der Waals surface area contributed by atoms with Crippen molar-refractivity contribution in [3.05, 3.63) is 0 Å². The lowest BCUT2D eigenvalue weighted by Crippen LogP contribution is -2.36. The Labute approximate surface area is 74.4 Å². The molecule has 1 rings (SSSR count). The molecule has 0 saturated carbocycles. The molecule has 0 amide bonds. The van der Waals surface area contributed by atoms with E-state index >= 15 is 0 Å². The Bertz CT molecular complexity index is 103. The highest BCUT2D eigenvalue weighted by Crippen LogP contribution is 2.05. The Morgan fingerprint density at radius 3 is 2.83 bits per heavy atom. The molecule has 0 aliphatic carbocycles. The SMILES string of the molecule is CCOCCNC1CCOCC1. The maximum absolute atomic E-state index is 5.26. The summed E-state index contributed by atoms with van der Waals surface area (Å²) < 4.78 is 10.5. The summed E-state index contributed by atoms with van der Waals surface area (Å²) in [5.41, 5.74) is 0. The highest BCUT2D eigenvalue weighted by atomic mass is 16.5. The Hall–Kier alpha value is -0.120. The molecule has 1 aliphatic heterocycles. The fourth-order valence-electron chi connectivity index (χ4n) is 1.38. The number of hydrogen-bond donors (Lipinski definition) is 1. The highest BCUT2D eigenvalue weighted by molar-refractivity contribution is 4.69. The van der Waals surface area contributed by atoms with Gasteiger partial charge in [0.2, 0.25) is 0 Å². The molecule has 1 heterocycles. The summed E-state index contributed by atoms with van der Waals surface area (Å²) in [7, 11) is 0. The summed E-state index contributed by atoms with van der Waals surface area (Å²) >= 11 is 0.